The number of rotatable bonds is 9. The second-order valence-corrected chi connectivity index (χ2v) is 5.65. The van der Waals surface area contributed by atoms with Crippen molar-refractivity contribution in [3.8, 4) is 5.75 Å². The molecular weight excluding hydrogens is 271 g/mol. The Hall–Kier alpha value is -1.17. The topological polar surface area (TPSA) is 47.7 Å². The van der Waals surface area contributed by atoms with Crippen molar-refractivity contribution in [2.45, 2.75) is 19.9 Å². The molecule has 0 radical (unpaired) electrons. The van der Waals surface area contributed by atoms with Crippen LogP contribution in [-0.2, 0) is 4.74 Å². The number of methoxy groups -OCH3 is 2. The Bertz CT molecular complexity index is 427. The summed E-state index contributed by atoms with van der Waals surface area (Å²) in [5.74, 6) is 0.406. The van der Waals surface area contributed by atoms with Gasteiger partial charge in [0.05, 0.1) is 13.7 Å². The van der Waals surface area contributed by atoms with Gasteiger partial charge >= 0.3 is 0 Å². The van der Waals surface area contributed by atoms with Gasteiger partial charge in [0.25, 0.3) is 0 Å². The second-order valence-electron chi connectivity index (χ2n) is 5.65. The van der Waals surface area contributed by atoms with Crippen LogP contribution in [-0.4, -0.2) is 45.4 Å². The zero-order valence-electron chi connectivity index (χ0n) is 13.4. The van der Waals surface area contributed by atoms with E-state index in [1.54, 1.807) is 13.2 Å². The number of hydrogen-bond acceptors (Lipinski definition) is 4. The average molecular weight is 298 g/mol. The minimum atomic E-state index is -0.377. The lowest BCUT2D eigenvalue weighted by molar-refractivity contribution is 0.136. The van der Waals surface area contributed by atoms with E-state index in [0.29, 0.717) is 19.1 Å². The van der Waals surface area contributed by atoms with Crippen LogP contribution >= 0.6 is 0 Å². The largest absolute Gasteiger partial charge is 0.494 e. The lowest BCUT2D eigenvalue weighted by Gasteiger charge is -2.27. The summed E-state index contributed by atoms with van der Waals surface area (Å²) in [5.41, 5.74) is 6.99. The molecule has 1 aromatic carbocycles. The molecule has 1 rings (SSSR count). The van der Waals surface area contributed by atoms with Gasteiger partial charge < -0.3 is 15.2 Å². The molecule has 1 atom stereocenters. The zero-order valence-corrected chi connectivity index (χ0v) is 13.4. The van der Waals surface area contributed by atoms with Crippen molar-refractivity contribution in [3.05, 3.63) is 29.6 Å². The van der Waals surface area contributed by atoms with Crippen LogP contribution in [0.25, 0.3) is 0 Å². The fourth-order valence-corrected chi connectivity index (χ4v) is 2.29. The van der Waals surface area contributed by atoms with Crippen molar-refractivity contribution >= 4 is 0 Å². The third-order valence-electron chi connectivity index (χ3n) is 3.29. The highest BCUT2D eigenvalue weighted by molar-refractivity contribution is 5.31. The molecule has 0 saturated heterocycles. The third kappa shape index (κ3) is 5.99. The van der Waals surface area contributed by atoms with Crippen LogP contribution in [0.1, 0.15) is 25.5 Å². The van der Waals surface area contributed by atoms with E-state index in [1.165, 1.54) is 13.2 Å². The highest BCUT2D eigenvalue weighted by Gasteiger charge is 2.15. The predicted octanol–water partition coefficient (Wildman–Crippen LogP) is 2.44. The molecule has 2 N–H and O–H groups in total. The van der Waals surface area contributed by atoms with Crippen LogP contribution in [0.5, 0.6) is 5.75 Å². The van der Waals surface area contributed by atoms with E-state index in [0.717, 1.165) is 18.7 Å². The maximum Gasteiger partial charge on any atom is 0.165 e. The van der Waals surface area contributed by atoms with Crippen LogP contribution < -0.4 is 10.5 Å². The summed E-state index contributed by atoms with van der Waals surface area (Å²) >= 11 is 0. The molecule has 1 aromatic rings. The number of benzene rings is 1. The second kappa shape index (κ2) is 8.97. The van der Waals surface area contributed by atoms with Gasteiger partial charge in [-0.1, -0.05) is 19.9 Å². The minimum absolute atomic E-state index is 0.235. The molecule has 4 nitrogen and oxygen atoms in total. The number of nitrogens with zero attached hydrogens (tertiary/aromatic N) is 1. The summed E-state index contributed by atoms with van der Waals surface area (Å²) in [5, 5.41) is 0. The summed E-state index contributed by atoms with van der Waals surface area (Å²) in [6, 6.07) is 4.65. The van der Waals surface area contributed by atoms with Crippen LogP contribution in [0.4, 0.5) is 4.39 Å². The van der Waals surface area contributed by atoms with Crippen LogP contribution in [0, 0.1) is 11.7 Å². The summed E-state index contributed by atoms with van der Waals surface area (Å²) in [4.78, 5) is 2.25. The number of ether oxygens (including phenoxy) is 2. The molecule has 0 fully saturated rings. The summed E-state index contributed by atoms with van der Waals surface area (Å²) in [6.45, 7) is 7.43. The van der Waals surface area contributed by atoms with E-state index in [-0.39, 0.29) is 17.6 Å². The summed E-state index contributed by atoms with van der Waals surface area (Å²) in [7, 11) is 3.14. The molecule has 5 heteroatoms. The van der Waals surface area contributed by atoms with Gasteiger partial charge in [0.2, 0.25) is 0 Å². The fourth-order valence-electron chi connectivity index (χ4n) is 2.29. The molecular formula is C16H27FN2O2. The van der Waals surface area contributed by atoms with Gasteiger partial charge in [-0.2, -0.15) is 0 Å². The van der Waals surface area contributed by atoms with E-state index in [4.69, 9.17) is 15.2 Å². The summed E-state index contributed by atoms with van der Waals surface area (Å²) in [6.07, 6.45) is 0. The maximum atomic E-state index is 13.7. The summed E-state index contributed by atoms with van der Waals surface area (Å²) < 4.78 is 23.8. The van der Waals surface area contributed by atoms with Gasteiger partial charge in [-0.3, -0.25) is 4.90 Å². The zero-order chi connectivity index (χ0) is 15.8. The monoisotopic (exact) mass is 298 g/mol. The van der Waals surface area contributed by atoms with Crippen molar-refractivity contribution in [2.24, 2.45) is 11.7 Å². The number of nitrogens with two attached hydrogens (primary N) is 1. The van der Waals surface area contributed by atoms with Gasteiger partial charge in [-0.15, -0.1) is 0 Å². The van der Waals surface area contributed by atoms with E-state index >= 15 is 0 Å². The van der Waals surface area contributed by atoms with Gasteiger partial charge in [-0.25, -0.2) is 4.39 Å². The Morgan fingerprint density at radius 1 is 1.24 bits per heavy atom. The van der Waals surface area contributed by atoms with Crippen LogP contribution in [0.2, 0.25) is 0 Å². The molecule has 21 heavy (non-hydrogen) atoms. The van der Waals surface area contributed by atoms with Crippen LogP contribution in [0.15, 0.2) is 18.2 Å². The highest BCUT2D eigenvalue weighted by Crippen LogP contribution is 2.21. The minimum Gasteiger partial charge on any atom is -0.494 e. The molecule has 120 valence electrons. The van der Waals surface area contributed by atoms with Crippen LogP contribution in [0.3, 0.4) is 0 Å². The van der Waals surface area contributed by atoms with Crippen molar-refractivity contribution in [1.29, 1.82) is 0 Å². The SMILES string of the molecule is COCCN(CC(C)C)CC(N)c1ccc(OC)c(F)c1. The van der Waals surface area contributed by atoms with Gasteiger partial charge in [0.1, 0.15) is 0 Å². The van der Waals surface area contributed by atoms with E-state index in [2.05, 4.69) is 18.7 Å². The van der Waals surface area contributed by atoms with Gasteiger partial charge in [0.15, 0.2) is 11.6 Å². The standard InChI is InChI=1S/C16H27FN2O2/c1-12(2)10-19(7-8-20-3)11-15(18)13-5-6-16(21-4)14(17)9-13/h5-6,9,12,15H,7-8,10-11,18H2,1-4H3. The molecule has 0 spiro atoms. The Balaban J connectivity index is 2.71. The van der Waals surface area contributed by atoms with Crippen molar-refractivity contribution in [3.63, 3.8) is 0 Å². The maximum absolute atomic E-state index is 13.7. The number of hydrogen-bond donors (Lipinski definition) is 1. The molecule has 0 aliphatic rings. The van der Waals surface area contributed by atoms with E-state index < -0.39 is 0 Å². The van der Waals surface area contributed by atoms with Gasteiger partial charge in [0, 0.05) is 32.8 Å². The highest BCUT2D eigenvalue weighted by atomic mass is 19.1. The van der Waals surface area contributed by atoms with E-state index in [9.17, 15) is 4.39 Å². The lowest BCUT2D eigenvalue weighted by atomic mass is 10.1. The smallest absolute Gasteiger partial charge is 0.165 e. The quantitative estimate of drug-likeness (QED) is 0.761. The first-order chi connectivity index (χ1) is 9.97. The fraction of sp³-hybridized carbons (Fsp3) is 0.625. The molecule has 0 heterocycles. The Morgan fingerprint density at radius 2 is 1.95 bits per heavy atom. The van der Waals surface area contributed by atoms with Crippen molar-refractivity contribution < 1.29 is 13.9 Å². The molecule has 0 aromatic heterocycles. The van der Waals surface area contributed by atoms with E-state index in [1.807, 2.05) is 6.07 Å². The number of halogens is 1. The third-order valence-corrected chi connectivity index (χ3v) is 3.29. The van der Waals surface area contributed by atoms with Crippen molar-refractivity contribution in [1.82, 2.24) is 4.90 Å². The average Bonchev–Trinajstić information content (AvgIpc) is 2.43. The Morgan fingerprint density at radius 3 is 2.48 bits per heavy atom. The normalized spacial score (nSPS) is 13.0. The molecule has 0 aliphatic carbocycles. The first-order valence-electron chi connectivity index (χ1n) is 7.28. The van der Waals surface area contributed by atoms with Gasteiger partial charge in [-0.05, 0) is 23.6 Å². The first-order valence-corrected chi connectivity index (χ1v) is 7.28. The molecule has 0 saturated carbocycles. The predicted molar refractivity (Wildman–Crippen MR) is 83.0 cm³/mol. The Labute approximate surface area is 127 Å². The Kier molecular flexibility index (Phi) is 7.64. The first kappa shape index (κ1) is 17.9. The molecule has 1 unspecified atom stereocenters. The molecule has 0 amide bonds. The molecule has 0 bridgehead atoms. The molecule has 0 aliphatic heterocycles. The lowest BCUT2D eigenvalue weighted by Crippen LogP contribution is -2.37. The van der Waals surface area contributed by atoms with Crippen molar-refractivity contribution in [2.75, 3.05) is 40.5 Å².